The van der Waals surface area contributed by atoms with Crippen LogP contribution < -0.4 is 10.6 Å². The van der Waals surface area contributed by atoms with Gasteiger partial charge in [0.2, 0.25) is 11.8 Å². The Labute approximate surface area is 136 Å². The molecule has 0 bridgehead atoms. The zero-order valence-corrected chi connectivity index (χ0v) is 14.0. The van der Waals surface area contributed by atoms with Gasteiger partial charge >= 0.3 is 0 Å². The van der Waals surface area contributed by atoms with Gasteiger partial charge in [-0.2, -0.15) is 0 Å². The molecule has 2 rings (SSSR count). The molecule has 0 atom stereocenters. The number of hydrogen-bond donors (Lipinski definition) is 2. The van der Waals surface area contributed by atoms with Gasteiger partial charge < -0.3 is 10.6 Å². The van der Waals surface area contributed by atoms with E-state index in [4.69, 9.17) is 0 Å². The van der Waals surface area contributed by atoms with E-state index in [1.54, 1.807) is 0 Å². The zero-order chi connectivity index (χ0) is 17.0. The lowest BCUT2D eigenvalue weighted by atomic mass is 10.1. The van der Waals surface area contributed by atoms with Gasteiger partial charge in [0, 0.05) is 11.4 Å². The number of anilines is 2. The summed E-state index contributed by atoms with van der Waals surface area (Å²) in [5.41, 5.74) is 5.82. The van der Waals surface area contributed by atoms with E-state index in [0.29, 0.717) is 11.4 Å². The van der Waals surface area contributed by atoms with Gasteiger partial charge in [-0.3, -0.25) is 9.59 Å². The highest BCUT2D eigenvalue weighted by molar-refractivity contribution is 6.08. The third kappa shape index (κ3) is 4.95. The number of rotatable bonds is 4. The molecule has 0 aliphatic carbocycles. The molecule has 0 aliphatic heterocycles. The summed E-state index contributed by atoms with van der Waals surface area (Å²) in [6, 6.07) is 11.5. The SMILES string of the molecule is Cc1cc(C)cc(NC(=O)CC(=O)Nc2ccc(C)c(C)c2)c1. The second kappa shape index (κ2) is 7.09. The molecule has 0 heterocycles. The smallest absolute Gasteiger partial charge is 0.233 e. The van der Waals surface area contributed by atoms with E-state index in [-0.39, 0.29) is 18.2 Å². The van der Waals surface area contributed by atoms with Crippen LogP contribution in [0.1, 0.15) is 28.7 Å². The van der Waals surface area contributed by atoms with Crippen molar-refractivity contribution in [1.82, 2.24) is 0 Å². The Bertz CT molecular complexity index is 731. The highest BCUT2D eigenvalue weighted by Crippen LogP contribution is 2.16. The van der Waals surface area contributed by atoms with Crippen molar-refractivity contribution in [3.8, 4) is 0 Å². The highest BCUT2D eigenvalue weighted by Gasteiger charge is 2.10. The second-order valence-electron chi connectivity index (χ2n) is 5.95. The van der Waals surface area contributed by atoms with Crippen LogP contribution in [0.25, 0.3) is 0 Å². The predicted molar refractivity (Wildman–Crippen MR) is 93.7 cm³/mol. The Kier molecular flexibility index (Phi) is 5.16. The largest absolute Gasteiger partial charge is 0.326 e. The van der Waals surface area contributed by atoms with Crippen LogP contribution in [0.3, 0.4) is 0 Å². The van der Waals surface area contributed by atoms with Gasteiger partial charge in [-0.15, -0.1) is 0 Å². The van der Waals surface area contributed by atoms with Crippen LogP contribution in [-0.2, 0) is 9.59 Å². The van der Waals surface area contributed by atoms with Crippen LogP contribution in [-0.4, -0.2) is 11.8 Å². The molecule has 0 spiro atoms. The first-order valence-electron chi connectivity index (χ1n) is 7.59. The van der Waals surface area contributed by atoms with E-state index in [1.807, 2.05) is 64.1 Å². The quantitative estimate of drug-likeness (QED) is 0.842. The minimum Gasteiger partial charge on any atom is -0.326 e. The number of nitrogens with one attached hydrogen (secondary N) is 2. The number of benzene rings is 2. The molecule has 4 nitrogen and oxygen atoms in total. The molecular weight excluding hydrogens is 288 g/mol. The molecule has 0 saturated carbocycles. The first-order chi connectivity index (χ1) is 10.8. The lowest BCUT2D eigenvalue weighted by Gasteiger charge is -2.09. The highest BCUT2D eigenvalue weighted by atomic mass is 16.2. The topological polar surface area (TPSA) is 58.2 Å². The minimum atomic E-state index is -0.324. The van der Waals surface area contributed by atoms with Crippen molar-refractivity contribution in [1.29, 1.82) is 0 Å². The molecule has 0 unspecified atom stereocenters. The summed E-state index contributed by atoms with van der Waals surface area (Å²) in [6.45, 7) is 7.93. The standard InChI is InChI=1S/C19H22N2O2/c1-12-7-13(2)9-17(8-12)21-19(23)11-18(22)20-16-6-5-14(3)15(4)10-16/h5-10H,11H2,1-4H3,(H,20,22)(H,21,23). The maximum Gasteiger partial charge on any atom is 0.233 e. The van der Waals surface area contributed by atoms with E-state index in [0.717, 1.165) is 22.3 Å². The van der Waals surface area contributed by atoms with E-state index in [2.05, 4.69) is 10.6 Å². The summed E-state index contributed by atoms with van der Waals surface area (Å²) in [7, 11) is 0. The summed E-state index contributed by atoms with van der Waals surface area (Å²) in [4.78, 5) is 24.0. The fourth-order valence-corrected chi connectivity index (χ4v) is 2.42. The zero-order valence-electron chi connectivity index (χ0n) is 14.0. The summed E-state index contributed by atoms with van der Waals surface area (Å²) >= 11 is 0. The molecule has 2 aromatic rings. The second-order valence-corrected chi connectivity index (χ2v) is 5.95. The maximum atomic E-state index is 12.0. The molecule has 0 aliphatic rings. The van der Waals surface area contributed by atoms with Crippen LogP contribution >= 0.6 is 0 Å². The number of amides is 2. The summed E-state index contributed by atoms with van der Waals surface area (Å²) in [6.07, 6.45) is -0.208. The minimum absolute atomic E-state index is 0.208. The molecule has 2 aromatic carbocycles. The Hall–Kier alpha value is -2.62. The molecule has 23 heavy (non-hydrogen) atoms. The Morgan fingerprint density at radius 2 is 1.30 bits per heavy atom. The predicted octanol–water partition coefficient (Wildman–Crippen LogP) is 3.89. The van der Waals surface area contributed by atoms with E-state index in [9.17, 15) is 9.59 Å². The number of aryl methyl sites for hydroxylation is 4. The van der Waals surface area contributed by atoms with Crippen molar-refractivity contribution in [3.05, 3.63) is 58.7 Å². The van der Waals surface area contributed by atoms with Crippen LogP contribution in [0, 0.1) is 27.7 Å². The van der Waals surface area contributed by atoms with Crippen molar-refractivity contribution >= 4 is 23.2 Å². The van der Waals surface area contributed by atoms with Crippen molar-refractivity contribution in [2.24, 2.45) is 0 Å². The first-order valence-corrected chi connectivity index (χ1v) is 7.59. The van der Waals surface area contributed by atoms with Crippen LogP contribution in [0.2, 0.25) is 0 Å². The van der Waals surface area contributed by atoms with Gasteiger partial charge in [0.05, 0.1) is 0 Å². The Balaban J connectivity index is 1.94. The summed E-state index contributed by atoms with van der Waals surface area (Å²) in [5, 5.41) is 5.51. The fourth-order valence-electron chi connectivity index (χ4n) is 2.42. The lowest BCUT2D eigenvalue weighted by molar-refractivity contribution is -0.123. The lowest BCUT2D eigenvalue weighted by Crippen LogP contribution is -2.21. The van der Waals surface area contributed by atoms with Crippen molar-refractivity contribution in [2.45, 2.75) is 34.1 Å². The number of carbonyl (C=O) groups excluding carboxylic acids is 2. The third-order valence-electron chi connectivity index (χ3n) is 3.62. The Morgan fingerprint density at radius 3 is 1.87 bits per heavy atom. The van der Waals surface area contributed by atoms with Crippen molar-refractivity contribution in [3.63, 3.8) is 0 Å². The molecular formula is C19H22N2O2. The van der Waals surface area contributed by atoms with Crippen LogP contribution in [0.5, 0.6) is 0 Å². The average Bonchev–Trinajstić information content (AvgIpc) is 2.41. The molecule has 2 N–H and O–H groups in total. The Morgan fingerprint density at radius 1 is 0.739 bits per heavy atom. The molecule has 2 amide bonds. The van der Waals surface area contributed by atoms with E-state index in [1.165, 1.54) is 0 Å². The molecule has 0 saturated heterocycles. The van der Waals surface area contributed by atoms with Crippen LogP contribution in [0.4, 0.5) is 11.4 Å². The van der Waals surface area contributed by atoms with Gasteiger partial charge in [0.15, 0.2) is 0 Å². The van der Waals surface area contributed by atoms with Gasteiger partial charge in [-0.25, -0.2) is 0 Å². The average molecular weight is 310 g/mol. The first kappa shape index (κ1) is 16.7. The third-order valence-corrected chi connectivity index (χ3v) is 3.62. The number of carbonyl (C=O) groups is 2. The molecule has 120 valence electrons. The number of hydrogen-bond acceptors (Lipinski definition) is 2. The summed E-state index contributed by atoms with van der Waals surface area (Å²) in [5.74, 6) is -0.647. The molecule has 4 heteroatoms. The van der Waals surface area contributed by atoms with Crippen molar-refractivity contribution < 1.29 is 9.59 Å². The van der Waals surface area contributed by atoms with Gasteiger partial charge in [0.25, 0.3) is 0 Å². The fraction of sp³-hybridized carbons (Fsp3) is 0.263. The molecule has 0 aromatic heterocycles. The van der Waals surface area contributed by atoms with Gasteiger partial charge in [-0.1, -0.05) is 12.1 Å². The maximum absolute atomic E-state index is 12.0. The van der Waals surface area contributed by atoms with Crippen LogP contribution in [0.15, 0.2) is 36.4 Å². The molecule has 0 radical (unpaired) electrons. The van der Waals surface area contributed by atoms with E-state index >= 15 is 0 Å². The molecule has 0 fully saturated rings. The van der Waals surface area contributed by atoms with E-state index < -0.39 is 0 Å². The normalized spacial score (nSPS) is 10.3. The van der Waals surface area contributed by atoms with Gasteiger partial charge in [0.1, 0.15) is 6.42 Å². The van der Waals surface area contributed by atoms with Crippen molar-refractivity contribution in [2.75, 3.05) is 10.6 Å². The van der Waals surface area contributed by atoms with Gasteiger partial charge in [-0.05, 0) is 74.2 Å². The monoisotopic (exact) mass is 310 g/mol. The summed E-state index contributed by atoms with van der Waals surface area (Å²) < 4.78 is 0.